The van der Waals surface area contributed by atoms with Crippen LogP contribution < -0.4 is 15.9 Å². The van der Waals surface area contributed by atoms with E-state index in [9.17, 15) is 0 Å². The van der Waals surface area contributed by atoms with Crippen molar-refractivity contribution >= 4 is 42.2 Å². The number of ether oxygens (including phenoxy) is 1. The minimum absolute atomic E-state index is 0.397. The Morgan fingerprint density at radius 3 is 1.41 bits per heavy atom. The molecule has 0 bridgehead atoms. The van der Waals surface area contributed by atoms with E-state index in [1.165, 1.54) is 21.5 Å². The molecule has 1 nitrogen and oxygen atoms in total. The molecule has 0 heterocycles. The van der Waals surface area contributed by atoms with Gasteiger partial charge < -0.3 is 0 Å². The van der Waals surface area contributed by atoms with Crippen molar-refractivity contribution in [3.63, 3.8) is 0 Å². The van der Waals surface area contributed by atoms with Crippen LogP contribution in [0.15, 0.2) is 121 Å². The van der Waals surface area contributed by atoms with Gasteiger partial charge in [-0.3, -0.25) is 0 Å². The first-order valence-corrected chi connectivity index (χ1v) is 16.3. The Bertz CT molecular complexity index is 1000. The zero-order chi connectivity index (χ0) is 22.3. The number of benzene rings is 4. The van der Waals surface area contributed by atoms with Crippen molar-refractivity contribution in [2.24, 2.45) is 5.92 Å². The van der Waals surface area contributed by atoms with Crippen molar-refractivity contribution in [1.29, 1.82) is 0 Å². The Kier molecular flexibility index (Phi) is 7.45. The van der Waals surface area contributed by atoms with Crippen molar-refractivity contribution in [2.75, 3.05) is 12.8 Å². The van der Waals surface area contributed by atoms with E-state index in [-0.39, 0.29) is 0 Å². The van der Waals surface area contributed by atoms with Gasteiger partial charge in [0.05, 0.1) is 0 Å². The molecule has 0 unspecified atom stereocenters. The topological polar surface area (TPSA) is 9.23 Å². The van der Waals surface area contributed by atoms with Crippen LogP contribution in [0.4, 0.5) is 0 Å². The first-order chi connectivity index (χ1) is 15.6. The van der Waals surface area contributed by atoms with Crippen molar-refractivity contribution < 1.29 is 4.74 Å². The molecule has 32 heavy (non-hydrogen) atoms. The van der Waals surface area contributed by atoms with Crippen LogP contribution in [0.1, 0.15) is 12.5 Å². The summed E-state index contributed by atoms with van der Waals surface area (Å²) in [6, 6.07) is 43.8. The fourth-order valence-electron chi connectivity index (χ4n) is 4.57. The van der Waals surface area contributed by atoms with Crippen LogP contribution in [-0.2, 0) is 11.3 Å². The number of hydrogen-bond acceptors (Lipinski definition) is 1. The summed E-state index contributed by atoms with van der Waals surface area (Å²) < 4.78 is 3.45. The SMILES string of the molecule is C[C@@H](COCc1ccccc1)CP(I)(c1ccccc1)(c1ccccc1)c1ccccc1. The molecule has 0 radical (unpaired) electrons. The number of rotatable bonds is 9. The van der Waals surface area contributed by atoms with Crippen LogP contribution in [0, 0.1) is 5.92 Å². The van der Waals surface area contributed by atoms with Gasteiger partial charge in [-0.25, -0.2) is 0 Å². The quantitative estimate of drug-likeness (QED) is 0.166. The number of halogens is 1. The van der Waals surface area contributed by atoms with E-state index in [0.717, 1.165) is 12.8 Å². The average Bonchev–Trinajstić information content (AvgIpc) is 2.86. The van der Waals surface area contributed by atoms with E-state index in [0.29, 0.717) is 12.5 Å². The summed E-state index contributed by atoms with van der Waals surface area (Å²) in [6.07, 6.45) is 1.05. The van der Waals surface area contributed by atoms with Gasteiger partial charge in [0.15, 0.2) is 0 Å². The minimum atomic E-state index is -2.74. The molecule has 0 aliphatic carbocycles. The monoisotopic (exact) mass is 552 g/mol. The molecule has 0 amide bonds. The van der Waals surface area contributed by atoms with E-state index in [4.69, 9.17) is 4.74 Å². The fraction of sp³-hybridized carbons (Fsp3) is 0.172. The average molecular weight is 552 g/mol. The fourth-order valence-corrected chi connectivity index (χ4v) is 14.7. The van der Waals surface area contributed by atoms with E-state index >= 15 is 0 Å². The van der Waals surface area contributed by atoms with Crippen LogP contribution >= 0.6 is 26.3 Å². The summed E-state index contributed by atoms with van der Waals surface area (Å²) in [4.78, 5) is 0. The first kappa shape index (κ1) is 23.2. The third kappa shape index (κ3) is 4.69. The van der Waals surface area contributed by atoms with Gasteiger partial charge in [0, 0.05) is 0 Å². The Hall–Kier alpha value is -2.00. The molecular formula is C29H30IOP. The van der Waals surface area contributed by atoms with Gasteiger partial charge >= 0.3 is 206 Å². The van der Waals surface area contributed by atoms with Crippen molar-refractivity contribution in [2.45, 2.75) is 13.5 Å². The zero-order valence-corrected chi connectivity index (χ0v) is 21.5. The molecule has 4 aromatic rings. The van der Waals surface area contributed by atoms with Gasteiger partial charge in [-0.2, -0.15) is 0 Å². The molecule has 164 valence electrons. The van der Waals surface area contributed by atoms with Gasteiger partial charge in [0.25, 0.3) is 0 Å². The second-order valence-corrected chi connectivity index (χ2v) is 19.1. The summed E-state index contributed by atoms with van der Waals surface area (Å²) in [5, 5.41) is 4.27. The van der Waals surface area contributed by atoms with Gasteiger partial charge in [-0.1, -0.05) is 0 Å². The molecule has 4 rings (SSSR count). The second kappa shape index (κ2) is 10.3. The van der Waals surface area contributed by atoms with Crippen LogP contribution in [0.2, 0.25) is 0 Å². The van der Waals surface area contributed by atoms with Crippen molar-refractivity contribution in [1.82, 2.24) is 0 Å². The predicted molar refractivity (Wildman–Crippen MR) is 149 cm³/mol. The first-order valence-electron chi connectivity index (χ1n) is 11.1. The van der Waals surface area contributed by atoms with E-state index in [1.807, 2.05) is 6.07 Å². The Morgan fingerprint density at radius 1 is 0.625 bits per heavy atom. The summed E-state index contributed by atoms with van der Waals surface area (Å²) in [7, 11) is 0. The van der Waals surface area contributed by atoms with Crippen LogP contribution in [0.3, 0.4) is 0 Å². The predicted octanol–water partition coefficient (Wildman–Crippen LogP) is 6.72. The van der Waals surface area contributed by atoms with E-state index < -0.39 is 4.25 Å². The molecule has 0 aromatic heterocycles. The van der Waals surface area contributed by atoms with Crippen molar-refractivity contribution in [3.05, 3.63) is 127 Å². The Balaban J connectivity index is 1.74. The Labute approximate surface area is 205 Å². The summed E-state index contributed by atoms with van der Waals surface area (Å²) >= 11 is 2.86. The molecule has 0 spiro atoms. The normalized spacial score (nSPS) is 13.8. The third-order valence-corrected chi connectivity index (χ3v) is 17.7. The molecule has 1 atom stereocenters. The maximum absolute atomic E-state index is 6.20. The van der Waals surface area contributed by atoms with Crippen LogP contribution in [0.25, 0.3) is 0 Å². The molecule has 3 heteroatoms. The summed E-state index contributed by atoms with van der Waals surface area (Å²) in [6.45, 7) is 3.73. The molecule has 0 N–H and O–H groups in total. The van der Waals surface area contributed by atoms with Crippen molar-refractivity contribution in [3.8, 4) is 0 Å². The molecule has 0 saturated heterocycles. The molecule has 0 fully saturated rings. The summed E-state index contributed by atoms with van der Waals surface area (Å²) in [5.74, 6) is 0.397. The van der Waals surface area contributed by atoms with Crippen LogP contribution in [-0.4, -0.2) is 12.8 Å². The Morgan fingerprint density at radius 2 is 1.00 bits per heavy atom. The molecular weight excluding hydrogens is 522 g/mol. The molecule has 4 aromatic carbocycles. The molecule has 0 aliphatic heterocycles. The van der Waals surface area contributed by atoms with Gasteiger partial charge in [-0.05, 0) is 0 Å². The molecule has 0 aliphatic rings. The van der Waals surface area contributed by atoms with Gasteiger partial charge in [0.2, 0.25) is 0 Å². The van der Waals surface area contributed by atoms with E-state index in [1.54, 1.807) is 0 Å². The number of hydrogen-bond donors (Lipinski definition) is 0. The third-order valence-electron chi connectivity index (χ3n) is 6.05. The molecule has 0 saturated carbocycles. The summed E-state index contributed by atoms with van der Waals surface area (Å²) in [5.41, 5.74) is 1.22. The second-order valence-electron chi connectivity index (χ2n) is 8.48. The van der Waals surface area contributed by atoms with Gasteiger partial charge in [0.1, 0.15) is 0 Å². The van der Waals surface area contributed by atoms with Gasteiger partial charge in [-0.15, -0.1) is 0 Å². The zero-order valence-electron chi connectivity index (χ0n) is 18.5. The van der Waals surface area contributed by atoms with Crippen LogP contribution in [0.5, 0.6) is 0 Å². The van der Waals surface area contributed by atoms with E-state index in [2.05, 4.69) is 144 Å². The standard InChI is InChI=1S/C29H30IOP/c1-25(22-31-23-26-14-6-2-7-15-26)24-32(30,27-16-8-3-9-17-27,28-18-10-4-11-19-28)29-20-12-5-13-21-29/h2-21,25H,22-24H2,1H3/t25-/m0/s1. The maximum atomic E-state index is 6.20.